The third kappa shape index (κ3) is 1.62. The van der Waals surface area contributed by atoms with Gasteiger partial charge in [-0.15, -0.1) is 0 Å². The van der Waals surface area contributed by atoms with E-state index < -0.39 is 5.54 Å². The summed E-state index contributed by atoms with van der Waals surface area (Å²) in [6, 6.07) is 0. The lowest BCUT2D eigenvalue weighted by Crippen LogP contribution is -2.80. The minimum absolute atomic E-state index is 0.0949. The largest absolute Gasteiger partial charge is 0.377 e. The second kappa shape index (κ2) is 3.97. The van der Waals surface area contributed by atoms with Crippen LogP contribution in [-0.2, 0) is 9.53 Å². The molecule has 0 aromatic carbocycles. The van der Waals surface area contributed by atoms with Gasteiger partial charge in [0.15, 0.2) is 0 Å². The van der Waals surface area contributed by atoms with Crippen LogP contribution in [0.15, 0.2) is 11.6 Å². The van der Waals surface area contributed by atoms with Crippen LogP contribution >= 0.6 is 11.6 Å². The summed E-state index contributed by atoms with van der Waals surface area (Å²) in [7, 11) is 0. The highest BCUT2D eigenvalue weighted by molar-refractivity contribution is 6.29. The number of rotatable bonds is 3. The fourth-order valence-electron chi connectivity index (χ4n) is 3.17. The zero-order chi connectivity index (χ0) is 12.8. The molecule has 2 aliphatic rings. The zero-order valence-electron chi connectivity index (χ0n) is 10.3. The van der Waals surface area contributed by atoms with Crippen molar-refractivity contribution in [2.24, 2.45) is 17.1 Å². The molecule has 3 unspecified atom stereocenters. The molecular formula is C12H19ClN2O2. The Bertz CT molecular complexity index is 370. The minimum atomic E-state index is -0.861. The molecule has 1 aliphatic heterocycles. The molecule has 0 radical (unpaired) electrons. The molecule has 0 spiro atoms. The Balaban J connectivity index is 2.12. The lowest BCUT2D eigenvalue weighted by atomic mass is 9.48. The molecule has 1 amide bonds. The summed E-state index contributed by atoms with van der Waals surface area (Å²) in [5.41, 5.74) is 5.13. The van der Waals surface area contributed by atoms with Gasteiger partial charge in [0.2, 0.25) is 5.91 Å². The predicted molar refractivity (Wildman–Crippen MR) is 66.5 cm³/mol. The quantitative estimate of drug-likeness (QED) is 0.794. The normalized spacial score (nSPS) is 38.1. The van der Waals surface area contributed by atoms with Crippen LogP contribution in [0.25, 0.3) is 0 Å². The standard InChI is InChI=1S/C12H19ClN2O2/c1-7(13)6-15-10(16)12(14)8-4-5-17-9(8)11(12,2)3/h8-9H,1,4-6,14H2,2-3H3,(H,15,16). The van der Waals surface area contributed by atoms with Gasteiger partial charge in [0.25, 0.3) is 0 Å². The van der Waals surface area contributed by atoms with Gasteiger partial charge in [-0.25, -0.2) is 0 Å². The molecule has 0 aromatic heterocycles. The van der Waals surface area contributed by atoms with Crippen molar-refractivity contribution in [2.75, 3.05) is 13.2 Å². The SMILES string of the molecule is C=C(Cl)CNC(=O)C1(N)C2CCOC2C1(C)C. The number of hydrogen-bond acceptors (Lipinski definition) is 3. The van der Waals surface area contributed by atoms with E-state index in [-0.39, 0.29) is 29.9 Å². The number of amides is 1. The van der Waals surface area contributed by atoms with Gasteiger partial charge < -0.3 is 15.8 Å². The van der Waals surface area contributed by atoms with E-state index in [4.69, 9.17) is 22.1 Å². The number of nitrogens with two attached hydrogens (primary N) is 1. The van der Waals surface area contributed by atoms with Crippen molar-refractivity contribution in [1.82, 2.24) is 5.32 Å². The Morgan fingerprint density at radius 3 is 2.88 bits per heavy atom. The van der Waals surface area contributed by atoms with Crippen molar-refractivity contribution in [1.29, 1.82) is 0 Å². The monoisotopic (exact) mass is 258 g/mol. The molecule has 2 rings (SSSR count). The zero-order valence-corrected chi connectivity index (χ0v) is 11.0. The third-order valence-corrected chi connectivity index (χ3v) is 4.40. The van der Waals surface area contributed by atoms with Gasteiger partial charge in [-0.3, -0.25) is 4.79 Å². The number of hydrogen-bond donors (Lipinski definition) is 2. The fourth-order valence-corrected chi connectivity index (χ4v) is 3.23. The van der Waals surface area contributed by atoms with Crippen LogP contribution < -0.4 is 11.1 Å². The topological polar surface area (TPSA) is 64.4 Å². The van der Waals surface area contributed by atoms with Crippen LogP contribution in [0.2, 0.25) is 0 Å². The first-order chi connectivity index (χ1) is 7.81. The predicted octanol–water partition coefficient (Wildman–Crippen LogP) is 0.997. The summed E-state index contributed by atoms with van der Waals surface area (Å²) in [6.07, 6.45) is 0.942. The van der Waals surface area contributed by atoms with Crippen molar-refractivity contribution >= 4 is 17.5 Å². The molecular weight excluding hydrogens is 240 g/mol. The number of halogens is 1. The van der Waals surface area contributed by atoms with E-state index in [1.807, 2.05) is 13.8 Å². The van der Waals surface area contributed by atoms with Gasteiger partial charge in [0, 0.05) is 23.0 Å². The highest BCUT2D eigenvalue weighted by Crippen LogP contribution is 2.58. The second-order valence-electron chi connectivity index (χ2n) is 5.48. The summed E-state index contributed by atoms with van der Waals surface area (Å²) < 4.78 is 5.63. The molecule has 3 atom stereocenters. The van der Waals surface area contributed by atoms with E-state index in [9.17, 15) is 4.79 Å². The maximum absolute atomic E-state index is 12.2. The molecule has 1 saturated heterocycles. The van der Waals surface area contributed by atoms with Gasteiger partial charge in [0.1, 0.15) is 5.54 Å². The van der Waals surface area contributed by atoms with Crippen molar-refractivity contribution in [3.05, 3.63) is 11.6 Å². The maximum atomic E-state index is 12.2. The molecule has 3 N–H and O–H groups in total. The van der Waals surface area contributed by atoms with Crippen LogP contribution in [0.4, 0.5) is 0 Å². The lowest BCUT2D eigenvalue weighted by Gasteiger charge is -2.60. The molecule has 0 aromatic rings. The average Bonchev–Trinajstić information content (AvgIpc) is 2.72. The van der Waals surface area contributed by atoms with Gasteiger partial charge in [-0.1, -0.05) is 32.0 Å². The van der Waals surface area contributed by atoms with Gasteiger partial charge in [-0.05, 0) is 6.42 Å². The van der Waals surface area contributed by atoms with Crippen molar-refractivity contribution in [2.45, 2.75) is 31.9 Å². The van der Waals surface area contributed by atoms with E-state index in [1.165, 1.54) is 0 Å². The van der Waals surface area contributed by atoms with Gasteiger partial charge in [-0.2, -0.15) is 0 Å². The Labute approximate surface area is 107 Å². The number of ether oxygens (including phenoxy) is 1. The summed E-state index contributed by atoms with van der Waals surface area (Å²) in [4.78, 5) is 12.2. The first kappa shape index (κ1) is 12.9. The summed E-state index contributed by atoms with van der Waals surface area (Å²) in [5, 5.41) is 3.14. The Kier molecular flexibility index (Phi) is 3.00. The lowest BCUT2D eigenvalue weighted by molar-refractivity contribution is -0.175. The molecule has 0 bridgehead atoms. The molecule has 17 heavy (non-hydrogen) atoms. The first-order valence-corrected chi connectivity index (χ1v) is 6.21. The summed E-state index contributed by atoms with van der Waals surface area (Å²) >= 11 is 5.64. The Morgan fingerprint density at radius 2 is 2.29 bits per heavy atom. The maximum Gasteiger partial charge on any atom is 0.241 e. The van der Waals surface area contributed by atoms with Crippen LogP contribution in [0.3, 0.4) is 0 Å². The van der Waals surface area contributed by atoms with Crippen LogP contribution in [-0.4, -0.2) is 30.7 Å². The fraction of sp³-hybridized carbons (Fsp3) is 0.750. The molecule has 4 nitrogen and oxygen atoms in total. The number of carbonyl (C=O) groups excluding carboxylic acids is 1. The van der Waals surface area contributed by atoms with Crippen LogP contribution in [0.1, 0.15) is 20.3 Å². The first-order valence-electron chi connectivity index (χ1n) is 5.84. The molecule has 1 saturated carbocycles. The van der Waals surface area contributed by atoms with Crippen molar-refractivity contribution in [3.63, 3.8) is 0 Å². The van der Waals surface area contributed by atoms with E-state index in [2.05, 4.69) is 11.9 Å². The minimum Gasteiger partial charge on any atom is -0.377 e. The average molecular weight is 259 g/mol. The summed E-state index contributed by atoms with van der Waals surface area (Å²) in [6.45, 7) is 8.45. The van der Waals surface area contributed by atoms with E-state index in [0.29, 0.717) is 11.6 Å². The van der Waals surface area contributed by atoms with Crippen molar-refractivity contribution < 1.29 is 9.53 Å². The second-order valence-corrected chi connectivity index (χ2v) is 6.01. The van der Waals surface area contributed by atoms with E-state index >= 15 is 0 Å². The molecule has 96 valence electrons. The highest BCUT2D eigenvalue weighted by Gasteiger charge is 2.71. The molecule has 5 heteroatoms. The third-order valence-electron chi connectivity index (χ3n) is 4.27. The van der Waals surface area contributed by atoms with Crippen molar-refractivity contribution in [3.8, 4) is 0 Å². The van der Waals surface area contributed by atoms with Gasteiger partial charge >= 0.3 is 0 Å². The van der Waals surface area contributed by atoms with Crippen LogP contribution in [0.5, 0.6) is 0 Å². The number of nitrogens with one attached hydrogen (secondary N) is 1. The number of fused-ring (bicyclic) bond motifs is 1. The van der Waals surface area contributed by atoms with Gasteiger partial charge in [0.05, 0.1) is 12.6 Å². The summed E-state index contributed by atoms with van der Waals surface area (Å²) in [5.74, 6) is -0.0443. The highest BCUT2D eigenvalue weighted by atomic mass is 35.5. The van der Waals surface area contributed by atoms with Crippen LogP contribution in [0, 0.1) is 11.3 Å². The Morgan fingerprint density at radius 1 is 1.65 bits per heavy atom. The smallest absolute Gasteiger partial charge is 0.241 e. The molecule has 1 heterocycles. The number of carbonyl (C=O) groups is 1. The molecule has 2 fully saturated rings. The molecule has 1 aliphatic carbocycles. The van der Waals surface area contributed by atoms with E-state index in [1.54, 1.807) is 0 Å². The Hall–Kier alpha value is -0.580. The van der Waals surface area contributed by atoms with E-state index in [0.717, 1.165) is 6.42 Å².